The highest BCUT2D eigenvalue weighted by Crippen LogP contribution is 2.24. The molecule has 0 amide bonds. The van der Waals surface area contributed by atoms with Crippen molar-refractivity contribution < 1.29 is 9.90 Å². The summed E-state index contributed by atoms with van der Waals surface area (Å²) in [4.78, 5) is 11.4. The molecule has 0 saturated carbocycles. The van der Waals surface area contributed by atoms with Gasteiger partial charge in [0.2, 0.25) is 0 Å². The lowest BCUT2D eigenvalue weighted by atomic mass is 9.92. The lowest BCUT2D eigenvalue weighted by Gasteiger charge is -2.25. The van der Waals surface area contributed by atoms with Crippen molar-refractivity contribution in [1.29, 1.82) is 0 Å². The first-order chi connectivity index (χ1) is 7.65. The molecule has 2 aromatic rings. The average molecular weight is 217 g/mol. The molecule has 5 heteroatoms. The van der Waals surface area contributed by atoms with Gasteiger partial charge in [-0.1, -0.05) is 35.5 Å². The SMILES string of the molecule is CC(C(=O)O)(c1ccccc1)n1ccnn1. The van der Waals surface area contributed by atoms with Gasteiger partial charge in [0.05, 0.1) is 6.20 Å². The lowest BCUT2D eigenvalue weighted by molar-refractivity contribution is -0.145. The molecule has 0 radical (unpaired) electrons. The maximum Gasteiger partial charge on any atom is 0.336 e. The number of carbonyl (C=O) groups is 1. The van der Waals surface area contributed by atoms with E-state index in [0.717, 1.165) is 0 Å². The molecule has 16 heavy (non-hydrogen) atoms. The Morgan fingerprint density at radius 2 is 2.06 bits per heavy atom. The maximum absolute atomic E-state index is 11.4. The third kappa shape index (κ3) is 1.46. The van der Waals surface area contributed by atoms with Crippen LogP contribution in [-0.2, 0) is 10.3 Å². The van der Waals surface area contributed by atoms with Crippen LogP contribution in [0.2, 0.25) is 0 Å². The van der Waals surface area contributed by atoms with Gasteiger partial charge >= 0.3 is 5.97 Å². The molecule has 2 rings (SSSR count). The Labute approximate surface area is 92.3 Å². The summed E-state index contributed by atoms with van der Waals surface area (Å²) in [5, 5.41) is 16.8. The van der Waals surface area contributed by atoms with Gasteiger partial charge in [-0.05, 0) is 12.5 Å². The molecule has 1 atom stereocenters. The van der Waals surface area contributed by atoms with Crippen molar-refractivity contribution in [3.8, 4) is 0 Å². The molecule has 1 aromatic heterocycles. The van der Waals surface area contributed by atoms with E-state index in [0.29, 0.717) is 5.56 Å². The first-order valence-corrected chi connectivity index (χ1v) is 4.81. The van der Waals surface area contributed by atoms with Crippen molar-refractivity contribution in [3.05, 3.63) is 48.3 Å². The van der Waals surface area contributed by atoms with Crippen LogP contribution in [0.15, 0.2) is 42.7 Å². The van der Waals surface area contributed by atoms with E-state index in [1.54, 1.807) is 37.4 Å². The van der Waals surface area contributed by atoms with Crippen LogP contribution in [0.4, 0.5) is 0 Å². The summed E-state index contributed by atoms with van der Waals surface area (Å²) < 4.78 is 1.34. The average Bonchev–Trinajstić information content (AvgIpc) is 2.82. The van der Waals surface area contributed by atoms with E-state index in [9.17, 15) is 9.90 Å². The summed E-state index contributed by atoms with van der Waals surface area (Å²) in [6, 6.07) is 8.96. The second kappa shape index (κ2) is 3.77. The standard InChI is InChI=1S/C11H11N3O2/c1-11(10(15)16,14-8-7-12-13-14)9-5-3-2-4-6-9/h2-8H,1H3,(H,15,16). The molecule has 0 saturated heterocycles. The molecule has 5 nitrogen and oxygen atoms in total. The zero-order valence-electron chi connectivity index (χ0n) is 8.74. The second-order valence-corrected chi connectivity index (χ2v) is 3.59. The van der Waals surface area contributed by atoms with Crippen LogP contribution < -0.4 is 0 Å². The Bertz CT molecular complexity index is 481. The fourth-order valence-corrected chi connectivity index (χ4v) is 1.56. The highest BCUT2D eigenvalue weighted by atomic mass is 16.4. The summed E-state index contributed by atoms with van der Waals surface area (Å²) in [5.74, 6) is -0.968. The van der Waals surface area contributed by atoms with Crippen molar-refractivity contribution in [2.24, 2.45) is 0 Å². The predicted octanol–water partition coefficient (Wildman–Crippen LogP) is 1.13. The molecule has 0 bridgehead atoms. The summed E-state index contributed by atoms with van der Waals surface area (Å²) in [6.07, 6.45) is 3.01. The first kappa shape index (κ1) is 10.4. The maximum atomic E-state index is 11.4. The number of hydrogen-bond donors (Lipinski definition) is 1. The van der Waals surface area contributed by atoms with E-state index >= 15 is 0 Å². The van der Waals surface area contributed by atoms with Gasteiger partial charge in [0.15, 0.2) is 5.54 Å². The number of aliphatic carboxylic acids is 1. The minimum absolute atomic E-state index is 0.660. The molecule has 1 unspecified atom stereocenters. The largest absolute Gasteiger partial charge is 0.479 e. The zero-order chi connectivity index (χ0) is 11.6. The minimum atomic E-state index is -1.22. The number of hydrogen-bond acceptors (Lipinski definition) is 3. The summed E-state index contributed by atoms with van der Waals surface area (Å²) in [5.41, 5.74) is -0.564. The van der Waals surface area contributed by atoms with Crippen LogP contribution in [0.1, 0.15) is 12.5 Å². The van der Waals surface area contributed by atoms with Crippen molar-refractivity contribution >= 4 is 5.97 Å². The Morgan fingerprint density at radius 1 is 1.38 bits per heavy atom. The molecule has 1 heterocycles. The Hall–Kier alpha value is -2.17. The Kier molecular flexibility index (Phi) is 2.44. The summed E-state index contributed by atoms with van der Waals surface area (Å²) in [6.45, 7) is 1.60. The molecule has 0 aliphatic carbocycles. The van der Waals surface area contributed by atoms with Gasteiger partial charge in [-0.2, -0.15) is 0 Å². The van der Waals surface area contributed by atoms with Crippen LogP contribution in [0.5, 0.6) is 0 Å². The van der Waals surface area contributed by atoms with Gasteiger partial charge < -0.3 is 5.11 Å². The number of carboxylic acid groups (broad SMARTS) is 1. The van der Waals surface area contributed by atoms with Crippen LogP contribution in [0.25, 0.3) is 0 Å². The monoisotopic (exact) mass is 217 g/mol. The van der Waals surface area contributed by atoms with Gasteiger partial charge in [-0.3, -0.25) is 0 Å². The quantitative estimate of drug-likeness (QED) is 0.836. The van der Waals surface area contributed by atoms with E-state index in [2.05, 4.69) is 10.3 Å². The van der Waals surface area contributed by atoms with Gasteiger partial charge in [0, 0.05) is 6.20 Å². The smallest absolute Gasteiger partial charge is 0.336 e. The molecule has 0 aliphatic rings. The number of rotatable bonds is 3. The Balaban J connectivity index is 2.58. The van der Waals surface area contributed by atoms with Crippen molar-refractivity contribution in [1.82, 2.24) is 15.0 Å². The molecule has 0 aliphatic heterocycles. The van der Waals surface area contributed by atoms with Crippen LogP contribution >= 0.6 is 0 Å². The minimum Gasteiger partial charge on any atom is -0.479 e. The molecule has 0 spiro atoms. The zero-order valence-corrected chi connectivity index (χ0v) is 8.74. The van der Waals surface area contributed by atoms with E-state index in [-0.39, 0.29) is 0 Å². The molecule has 1 aromatic carbocycles. The molecular formula is C11H11N3O2. The fraction of sp³-hybridized carbons (Fsp3) is 0.182. The second-order valence-electron chi connectivity index (χ2n) is 3.59. The predicted molar refractivity (Wildman–Crippen MR) is 56.8 cm³/mol. The van der Waals surface area contributed by atoms with Gasteiger partial charge in [-0.25, -0.2) is 9.48 Å². The summed E-state index contributed by atoms with van der Waals surface area (Å²) in [7, 11) is 0. The van der Waals surface area contributed by atoms with Crippen molar-refractivity contribution in [2.45, 2.75) is 12.5 Å². The Morgan fingerprint density at radius 3 is 2.56 bits per heavy atom. The lowest BCUT2D eigenvalue weighted by Crippen LogP contribution is -2.40. The highest BCUT2D eigenvalue weighted by Gasteiger charge is 2.38. The van der Waals surface area contributed by atoms with E-state index in [1.807, 2.05) is 6.07 Å². The van der Waals surface area contributed by atoms with Crippen LogP contribution in [0, 0.1) is 0 Å². The number of aromatic nitrogens is 3. The number of carboxylic acids is 1. The van der Waals surface area contributed by atoms with Gasteiger partial charge in [0.1, 0.15) is 0 Å². The van der Waals surface area contributed by atoms with E-state index < -0.39 is 11.5 Å². The molecule has 82 valence electrons. The van der Waals surface area contributed by atoms with Crippen LogP contribution in [0.3, 0.4) is 0 Å². The van der Waals surface area contributed by atoms with E-state index in [4.69, 9.17) is 0 Å². The molecule has 0 fully saturated rings. The van der Waals surface area contributed by atoms with Crippen molar-refractivity contribution in [2.75, 3.05) is 0 Å². The van der Waals surface area contributed by atoms with Gasteiger partial charge in [0.25, 0.3) is 0 Å². The fourth-order valence-electron chi connectivity index (χ4n) is 1.56. The topological polar surface area (TPSA) is 68.0 Å². The number of benzene rings is 1. The summed E-state index contributed by atoms with van der Waals surface area (Å²) >= 11 is 0. The third-order valence-corrected chi connectivity index (χ3v) is 2.63. The highest BCUT2D eigenvalue weighted by molar-refractivity contribution is 5.80. The number of nitrogens with zero attached hydrogens (tertiary/aromatic N) is 3. The normalized spacial score (nSPS) is 14.3. The van der Waals surface area contributed by atoms with Gasteiger partial charge in [-0.15, -0.1) is 5.10 Å². The third-order valence-electron chi connectivity index (χ3n) is 2.63. The van der Waals surface area contributed by atoms with Crippen molar-refractivity contribution in [3.63, 3.8) is 0 Å². The molecule has 1 N–H and O–H groups in total. The first-order valence-electron chi connectivity index (χ1n) is 4.81. The van der Waals surface area contributed by atoms with E-state index in [1.165, 1.54) is 10.9 Å². The van der Waals surface area contributed by atoms with Crippen LogP contribution in [-0.4, -0.2) is 26.1 Å². The molecular weight excluding hydrogens is 206 g/mol.